The highest BCUT2D eigenvalue weighted by Gasteiger charge is 2.16. The molecule has 0 aliphatic rings. The van der Waals surface area contributed by atoms with Gasteiger partial charge in [-0.3, -0.25) is 0 Å². The highest BCUT2D eigenvalue weighted by atomic mass is 35.5. The number of halogens is 2. The molecule has 1 N–H and O–H groups in total. The van der Waals surface area contributed by atoms with Crippen LogP contribution in [0.3, 0.4) is 0 Å². The van der Waals surface area contributed by atoms with E-state index in [1.54, 1.807) is 18.2 Å². The van der Waals surface area contributed by atoms with E-state index >= 15 is 0 Å². The fourth-order valence-corrected chi connectivity index (χ4v) is 2.62. The topological polar surface area (TPSA) is 38.0 Å². The van der Waals surface area contributed by atoms with E-state index in [4.69, 9.17) is 11.6 Å². The van der Waals surface area contributed by atoms with Crippen LogP contribution in [0.1, 0.15) is 19.9 Å². The molecular formula is C16H14ClFN2O. The van der Waals surface area contributed by atoms with Gasteiger partial charge in [-0.1, -0.05) is 11.6 Å². The summed E-state index contributed by atoms with van der Waals surface area (Å²) in [6, 6.07) is 9.66. The largest absolute Gasteiger partial charge is 0.506 e. The second kappa shape index (κ2) is 5.04. The van der Waals surface area contributed by atoms with Crippen molar-refractivity contribution in [3.8, 4) is 17.1 Å². The van der Waals surface area contributed by atoms with Gasteiger partial charge in [0.2, 0.25) is 0 Å². The second-order valence-electron chi connectivity index (χ2n) is 5.20. The number of hydrogen-bond acceptors (Lipinski definition) is 2. The van der Waals surface area contributed by atoms with E-state index < -0.39 is 0 Å². The van der Waals surface area contributed by atoms with Crippen LogP contribution in [0.4, 0.5) is 4.39 Å². The summed E-state index contributed by atoms with van der Waals surface area (Å²) in [4.78, 5) is 4.52. The lowest BCUT2D eigenvalue weighted by Gasteiger charge is -2.13. The number of aromatic hydroxyl groups is 1. The maximum Gasteiger partial charge on any atom is 0.141 e. The number of phenols is 1. The van der Waals surface area contributed by atoms with Crippen molar-refractivity contribution in [2.24, 2.45) is 0 Å². The van der Waals surface area contributed by atoms with Crippen molar-refractivity contribution in [2.45, 2.75) is 19.9 Å². The number of rotatable bonds is 2. The van der Waals surface area contributed by atoms with Gasteiger partial charge in [0.1, 0.15) is 17.4 Å². The van der Waals surface area contributed by atoms with Gasteiger partial charge in [0.15, 0.2) is 0 Å². The maximum atomic E-state index is 13.4. The number of hydrogen-bond donors (Lipinski definition) is 1. The van der Waals surface area contributed by atoms with Crippen LogP contribution in [0, 0.1) is 5.82 Å². The Hall–Kier alpha value is -2.07. The zero-order chi connectivity index (χ0) is 15.1. The quantitative estimate of drug-likeness (QED) is 0.739. The third-order valence-electron chi connectivity index (χ3n) is 3.37. The first-order valence-corrected chi connectivity index (χ1v) is 7.01. The SMILES string of the molecule is CC(C)n1c(-c2ccc(O)c(Cl)c2)nc2cc(F)ccc21. The molecule has 0 fully saturated rings. The van der Waals surface area contributed by atoms with E-state index in [-0.39, 0.29) is 22.6 Å². The molecule has 0 radical (unpaired) electrons. The summed E-state index contributed by atoms with van der Waals surface area (Å²) >= 11 is 5.97. The summed E-state index contributed by atoms with van der Waals surface area (Å²) in [6.45, 7) is 4.08. The molecule has 0 saturated heterocycles. The Balaban J connectivity index is 2.30. The Morgan fingerprint density at radius 2 is 1.95 bits per heavy atom. The van der Waals surface area contributed by atoms with Crippen LogP contribution in [-0.4, -0.2) is 14.7 Å². The van der Waals surface area contributed by atoms with Crippen molar-refractivity contribution in [3.63, 3.8) is 0 Å². The molecule has 0 bridgehead atoms. The molecule has 1 aromatic heterocycles. The zero-order valence-corrected chi connectivity index (χ0v) is 12.4. The maximum absolute atomic E-state index is 13.4. The van der Waals surface area contributed by atoms with E-state index in [2.05, 4.69) is 4.98 Å². The fourth-order valence-electron chi connectivity index (χ4n) is 2.44. The van der Waals surface area contributed by atoms with Gasteiger partial charge in [0.05, 0.1) is 16.1 Å². The fraction of sp³-hybridized carbons (Fsp3) is 0.188. The number of nitrogens with zero attached hydrogens (tertiary/aromatic N) is 2. The number of fused-ring (bicyclic) bond motifs is 1. The Morgan fingerprint density at radius 1 is 1.19 bits per heavy atom. The summed E-state index contributed by atoms with van der Waals surface area (Å²) in [5.74, 6) is 0.414. The molecule has 21 heavy (non-hydrogen) atoms. The van der Waals surface area contributed by atoms with Crippen molar-refractivity contribution in [3.05, 3.63) is 47.2 Å². The average molecular weight is 305 g/mol. The minimum Gasteiger partial charge on any atom is -0.506 e. The molecule has 0 aliphatic heterocycles. The van der Waals surface area contributed by atoms with Crippen molar-refractivity contribution in [1.29, 1.82) is 0 Å². The smallest absolute Gasteiger partial charge is 0.141 e. The summed E-state index contributed by atoms with van der Waals surface area (Å²) < 4.78 is 15.4. The molecule has 3 nitrogen and oxygen atoms in total. The molecule has 0 unspecified atom stereocenters. The summed E-state index contributed by atoms with van der Waals surface area (Å²) in [5, 5.41) is 9.80. The number of benzene rings is 2. The third kappa shape index (κ3) is 2.36. The molecule has 3 aromatic rings. The standard InChI is InChI=1S/C16H14ClFN2O/c1-9(2)20-14-5-4-11(18)8-13(14)19-16(20)10-3-6-15(21)12(17)7-10/h3-9,21H,1-2H3. The van der Waals surface area contributed by atoms with Crippen LogP contribution in [0.15, 0.2) is 36.4 Å². The van der Waals surface area contributed by atoms with E-state index in [1.165, 1.54) is 18.2 Å². The predicted octanol–water partition coefficient (Wildman–Crippen LogP) is 4.78. The van der Waals surface area contributed by atoms with E-state index in [0.717, 1.165) is 11.1 Å². The average Bonchev–Trinajstić information content (AvgIpc) is 2.80. The number of imidazole rings is 1. The Bertz CT molecular complexity index is 827. The van der Waals surface area contributed by atoms with Gasteiger partial charge in [-0.05, 0) is 44.2 Å². The first-order chi connectivity index (χ1) is 9.97. The van der Waals surface area contributed by atoms with Crippen molar-refractivity contribution >= 4 is 22.6 Å². The third-order valence-corrected chi connectivity index (χ3v) is 3.68. The number of phenolic OH excluding ortho intramolecular Hbond substituents is 1. The Kier molecular flexibility index (Phi) is 3.33. The van der Waals surface area contributed by atoms with Gasteiger partial charge in [-0.15, -0.1) is 0 Å². The summed E-state index contributed by atoms with van der Waals surface area (Å²) in [7, 11) is 0. The van der Waals surface area contributed by atoms with Gasteiger partial charge in [-0.25, -0.2) is 9.37 Å². The first kappa shape index (κ1) is 13.9. The molecule has 0 spiro atoms. The molecule has 0 saturated carbocycles. The van der Waals surface area contributed by atoms with Crippen LogP contribution in [-0.2, 0) is 0 Å². The van der Waals surface area contributed by atoms with Crippen LogP contribution >= 0.6 is 11.6 Å². The Labute approximate surface area is 126 Å². The minimum atomic E-state index is -0.314. The molecule has 108 valence electrons. The predicted molar refractivity (Wildman–Crippen MR) is 82.2 cm³/mol. The van der Waals surface area contributed by atoms with Crippen LogP contribution in [0.25, 0.3) is 22.4 Å². The van der Waals surface area contributed by atoms with Crippen LogP contribution < -0.4 is 0 Å². The van der Waals surface area contributed by atoms with Gasteiger partial charge in [0.25, 0.3) is 0 Å². The van der Waals surface area contributed by atoms with Gasteiger partial charge < -0.3 is 9.67 Å². The van der Waals surface area contributed by atoms with E-state index in [0.29, 0.717) is 11.3 Å². The first-order valence-electron chi connectivity index (χ1n) is 6.63. The van der Waals surface area contributed by atoms with Crippen LogP contribution in [0.5, 0.6) is 5.75 Å². The van der Waals surface area contributed by atoms with Gasteiger partial charge in [0, 0.05) is 17.7 Å². The van der Waals surface area contributed by atoms with Crippen LogP contribution in [0.2, 0.25) is 5.02 Å². The molecular weight excluding hydrogens is 291 g/mol. The van der Waals surface area contributed by atoms with Crippen molar-refractivity contribution in [2.75, 3.05) is 0 Å². The van der Waals surface area contributed by atoms with E-state index in [1.807, 2.05) is 18.4 Å². The molecule has 2 aromatic carbocycles. The molecule has 0 atom stereocenters. The zero-order valence-electron chi connectivity index (χ0n) is 11.6. The summed E-state index contributed by atoms with van der Waals surface area (Å²) in [6.07, 6.45) is 0. The monoisotopic (exact) mass is 304 g/mol. The number of aromatic nitrogens is 2. The van der Waals surface area contributed by atoms with Crippen molar-refractivity contribution < 1.29 is 9.50 Å². The molecule has 3 rings (SSSR count). The molecule has 5 heteroatoms. The van der Waals surface area contributed by atoms with Crippen molar-refractivity contribution in [1.82, 2.24) is 9.55 Å². The lowest BCUT2D eigenvalue weighted by Crippen LogP contribution is -2.03. The highest BCUT2D eigenvalue weighted by Crippen LogP contribution is 2.32. The normalized spacial score (nSPS) is 11.5. The molecule has 1 heterocycles. The second-order valence-corrected chi connectivity index (χ2v) is 5.61. The molecule has 0 aliphatic carbocycles. The summed E-state index contributed by atoms with van der Waals surface area (Å²) in [5.41, 5.74) is 2.25. The van der Waals surface area contributed by atoms with Gasteiger partial charge >= 0.3 is 0 Å². The van der Waals surface area contributed by atoms with Gasteiger partial charge in [-0.2, -0.15) is 0 Å². The van der Waals surface area contributed by atoms with E-state index in [9.17, 15) is 9.50 Å². The lowest BCUT2D eigenvalue weighted by molar-refractivity contribution is 0.475. The Morgan fingerprint density at radius 3 is 2.62 bits per heavy atom. The molecule has 0 amide bonds. The highest BCUT2D eigenvalue weighted by molar-refractivity contribution is 6.32. The lowest BCUT2D eigenvalue weighted by atomic mass is 10.2. The minimum absolute atomic E-state index is 0.0265.